The smallest absolute Gasteiger partial charge is 0.129 e. The molecule has 0 amide bonds. The van der Waals surface area contributed by atoms with Crippen LogP contribution in [0.3, 0.4) is 0 Å². The van der Waals surface area contributed by atoms with Crippen molar-refractivity contribution < 1.29 is 4.74 Å². The van der Waals surface area contributed by atoms with Gasteiger partial charge >= 0.3 is 0 Å². The molecule has 0 aliphatic heterocycles. The Morgan fingerprint density at radius 1 is 1.35 bits per heavy atom. The molecule has 0 bridgehead atoms. The van der Waals surface area contributed by atoms with Gasteiger partial charge in [0.05, 0.1) is 7.11 Å². The maximum absolute atomic E-state index is 8.12. The van der Waals surface area contributed by atoms with Gasteiger partial charge in [-0.2, -0.15) is 0 Å². The Kier molecular flexibility index (Phi) is 2.79. The molecule has 17 heavy (non-hydrogen) atoms. The van der Waals surface area contributed by atoms with E-state index in [1.54, 1.807) is 12.0 Å². The number of aromatic amines is 1. The summed E-state index contributed by atoms with van der Waals surface area (Å²) < 4.78 is 5.23. The van der Waals surface area contributed by atoms with Gasteiger partial charge in [0.25, 0.3) is 0 Å². The van der Waals surface area contributed by atoms with Crippen LogP contribution >= 0.6 is 0 Å². The molecule has 2 aromatic rings. The molecule has 1 aromatic carbocycles. The van der Waals surface area contributed by atoms with Gasteiger partial charge in [-0.15, -0.1) is 0 Å². The van der Waals surface area contributed by atoms with Crippen LogP contribution in [0.1, 0.15) is 11.3 Å². The lowest BCUT2D eigenvalue weighted by Crippen LogP contribution is -2.22. The van der Waals surface area contributed by atoms with Crippen molar-refractivity contribution in [1.82, 2.24) is 9.88 Å². The fraction of sp³-hybridized carbons (Fsp3) is 0.308. The molecule has 0 atom stereocenters. The van der Waals surface area contributed by atoms with E-state index >= 15 is 0 Å². The number of H-pyrrole nitrogens is 1. The summed E-state index contributed by atoms with van der Waals surface area (Å²) in [5.74, 6) is 1.31. The van der Waals surface area contributed by atoms with E-state index in [-0.39, 0.29) is 0 Å². The first-order valence-corrected chi connectivity index (χ1v) is 5.47. The van der Waals surface area contributed by atoms with Gasteiger partial charge in [0.15, 0.2) is 0 Å². The van der Waals surface area contributed by atoms with Crippen molar-refractivity contribution in [3.05, 3.63) is 29.5 Å². The van der Waals surface area contributed by atoms with Crippen LogP contribution in [0.2, 0.25) is 0 Å². The van der Waals surface area contributed by atoms with Crippen LogP contribution < -0.4 is 4.74 Å². The van der Waals surface area contributed by atoms with E-state index in [9.17, 15) is 0 Å². The molecule has 0 fully saturated rings. The van der Waals surface area contributed by atoms with Crippen LogP contribution in [-0.2, 0) is 0 Å². The van der Waals surface area contributed by atoms with Crippen molar-refractivity contribution in [2.45, 2.75) is 6.92 Å². The topological polar surface area (TPSA) is 52.1 Å². The van der Waals surface area contributed by atoms with Gasteiger partial charge in [0.1, 0.15) is 11.6 Å². The number of methoxy groups -OCH3 is 1. The Labute approximate surface area is 101 Å². The quantitative estimate of drug-likeness (QED) is 0.616. The fourth-order valence-corrected chi connectivity index (χ4v) is 1.96. The number of aromatic nitrogens is 1. The Bertz CT molecular complexity index is 569. The Morgan fingerprint density at radius 3 is 2.65 bits per heavy atom. The van der Waals surface area contributed by atoms with Gasteiger partial charge in [-0.05, 0) is 25.1 Å². The standard InChI is InChI=1S/C13H17N3O/c1-8-12(13(14)16(2)3)10-7-9(17-4)5-6-11(10)15-8/h5-7,14-15H,1-4H3. The first-order valence-electron chi connectivity index (χ1n) is 5.47. The first kappa shape index (κ1) is 11.5. The van der Waals surface area contributed by atoms with E-state index < -0.39 is 0 Å². The zero-order valence-electron chi connectivity index (χ0n) is 10.6. The molecule has 1 heterocycles. The third-order valence-electron chi connectivity index (χ3n) is 2.88. The Balaban J connectivity index is 2.68. The van der Waals surface area contributed by atoms with Crippen molar-refractivity contribution >= 4 is 16.7 Å². The SMILES string of the molecule is COc1ccc2[nH]c(C)c(C(=N)N(C)C)c2c1. The summed E-state index contributed by atoms with van der Waals surface area (Å²) in [6, 6.07) is 5.86. The molecule has 1 aromatic heterocycles. The largest absolute Gasteiger partial charge is 0.497 e. The van der Waals surface area contributed by atoms with E-state index in [1.807, 2.05) is 39.2 Å². The third-order valence-corrected chi connectivity index (χ3v) is 2.88. The molecule has 0 saturated carbocycles. The second-order valence-corrected chi connectivity index (χ2v) is 4.28. The number of nitrogens with one attached hydrogen (secondary N) is 2. The molecular weight excluding hydrogens is 214 g/mol. The average molecular weight is 231 g/mol. The Hall–Kier alpha value is -1.97. The molecule has 0 aliphatic rings. The van der Waals surface area contributed by atoms with Crippen LogP contribution in [0.15, 0.2) is 18.2 Å². The van der Waals surface area contributed by atoms with Crippen LogP contribution in [0.5, 0.6) is 5.75 Å². The summed E-state index contributed by atoms with van der Waals surface area (Å²) in [7, 11) is 5.40. The number of nitrogens with zero attached hydrogens (tertiary/aromatic N) is 1. The first-order chi connectivity index (χ1) is 8.04. The van der Waals surface area contributed by atoms with E-state index in [1.165, 1.54) is 0 Å². The van der Waals surface area contributed by atoms with Gasteiger partial charge in [0.2, 0.25) is 0 Å². The number of hydrogen-bond donors (Lipinski definition) is 2. The van der Waals surface area contributed by atoms with Crippen molar-refractivity contribution in [2.75, 3.05) is 21.2 Å². The molecule has 0 radical (unpaired) electrons. The number of amidine groups is 1. The van der Waals surface area contributed by atoms with Gasteiger partial charge in [-0.25, -0.2) is 0 Å². The summed E-state index contributed by atoms with van der Waals surface area (Å²) in [4.78, 5) is 5.09. The van der Waals surface area contributed by atoms with Crippen molar-refractivity contribution in [3.8, 4) is 5.75 Å². The van der Waals surface area contributed by atoms with Crippen LogP contribution in [0.25, 0.3) is 10.9 Å². The van der Waals surface area contributed by atoms with Crippen molar-refractivity contribution in [2.24, 2.45) is 0 Å². The second kappa shape index (κ2) is 4.13. The molecule has 2 N–H and O–H groups in total. The summed E-state index contributed by atoms with van der Waals surface area (Å²) in [5.41, 5.74) is 2.97. The van der Waals surface area contributed by atoms with Crippen LogP contribution in [0, 0.1) is 12.3 Å². The molecule has 0 saturated heterocycles. The van der Waals surface area contributed by atoms with E-state index in [4.69, 9.17) is 10.1 Å². The van der Waals surface area contributed by atoms with E-state index in [0.717, 1.165) is 27.9 Å². The van der Waals surface area contributed by atoms with Gasteiger partial charge in [0, 0.05) is 36.3 Å². The fourth-order valence-electron chi connectivity index (χ4n) is 1.96. The zero-order chi connectivity index (χ0) is 12.6. The maximum atomic E-state index is 8.12. The highest BCUT2D eigenvalue weighted by molar-refractivity contribution is 6.09. The lowest BCUT2D eigenvalue weighted by atomic mass is 10.1. The third kappa shape index (κ3) is 1.86. The predicted octanol–water partition coefficient (Wildman–Crippen LogP) is 2.37. The van der Waals surface area contributed by atoms with E-state index in [2.05, 4.69) is 4.98 Å². The minimum absolute atomic E-state index is 0.502. The summed E-state index contributed by atoms with van der Waals surface area (Å²) in [6.45, 7) is 1.99. The minimum Gasteiger partial charge on any atom is -0.497 e. The molecule has 4 heteroatoms. The number of hydrogen-bond acceptors (Lipinski definition) is 2. The van der Waals surface area contributed by atoms with E-state index in [0.29, 0.717) is 5.84 Å². The summed E-state index contributed by atoms with van der Waals surface area (Å²) in [5, 5.41) is 9.14. The normalized spacial score (nSPS) is 10.6. The van der Waals surface area contributed by atoms with Crippen molar-refractivity contribution in [1.29, 1.82) is 5.41 Å². The lowest BCUT2D eigenvalue weighted by molar-refractivity contribution is 0.415. The highest BCUT2D eigenvalue weighted by Crippen LogP contribution is 2.26. The summed E-state index contributed by atoms with van der Waals surface area (Å²) >= 11 is 0. The number of ether oxygens (including phenoxy) is 1. The highest BCUT2D eigenvalue weighted by atomic mass is 16.5. The molecular formula is C13H17N3O. The predicted molar refractivity (Wildman–Crippen MR) is 70.1 cm³/mol. The second-order valence-electron chi connectivity index (χ2n) is 4.28. The number of benzene rings is 1. The highest BCUT2D eigenvalue weighted by Gasteiger charge is 2.14. The molecule has 4 nitrogen and oxygen atoms in total. The number of aryl methyl sites for hydroxylation is 1. The van der Waals surface area contributed by atoms with Gasteiger partial charge < -0.3 is 14.6 Å². The zero-order valence-corrected chi connectivity index (χ0v) is 10.6. The number of rotatable bonds is 2. The molecule has 0 spiro atoms. The molecule has 0 unspecified atom stereocenters. The van der Waals surface area contributed by atoms with Crippen LogP contribution in [-0.4, -0.2) is 36.9 Å². The average Bonchev–Trinajstić information content (AvgIpc) is 2.62. The number of fused-ring (bicyclic) bond motifs is 1. The maximum Gasteiger partial charge on any atom is 0.129 e. The molecule has 90 valence electrons. The molecule has 0 aliphatic carbocycles. The monoisotopic (exact) mass is 231 g/mol. The summed E-state index contributed by atoms with van der Waals surface area (Å²) in [6.07, 6.45) is 0. The minimum atomic E-state index is 0.502. The van der Waals surface area contributed by atoms with Gasteiger partial charge in [-0.3, -0.25) is 5.41 Å². The Morgan fingerprint density at radius 2 is 2.06 bits per heavy atom. The van der Waals surface area contributed by atoms with Gasteiger partial charge in [-0.1, -0.05) is 0 Å². The van der Waals surface area contributed by atoms with Crippen molar-refractivity contribution in [3.63, 3.8) is 0 Å². The van der Waals surface area contributed by atoms with Crippen LogP contribution in [0.4, 0.5) is 0 Å². The lowest BCUT2D eigenvalue weighted by Gasteiger charge is -2.14. The molecule has 2 rings (SSSR count).